The van der Waals surface area contributed by atoms with Crippen molar-refractivity contribution in [3.05, 3.63) is 23.9 Å². The molecule has 2 heterocycles. The molecule has 0 bridgehead atoms. The first kappa shape index (κ1) is 9.63. The highest BCUT2D eigenvalue weighted by Gasteiger charge is 2.26. The van der Waals surface area contributed by atoms with Gasteiger partial charge in [0.25, 0.3) is 0 Å². The van der Waals surface area contributed by atoms with Crippen LogP contribution in [0.15, 0.2) is 18.3 Å². The lowest BCUT2D eigenvalue weighted by atomic mass is 9.82. The lowest BCUT2D eigenvalue weighted by molar-refractivity contribution is 0.308. The van der Waals surface area contributed by atoms with Crippen molar-refractivity contribution in [2.45, 2.75) is 32.7 Å². The molecule has 84 valence electrons. The summed E-state index contributed by atoms with van der Waals surface area (Å²) in [6, 6.07) is 4.61. The van der Waals surface area contributed by atoms with Crippen LogP contribution in [-0.2, 0) is 0 Å². The number of fused-ring (bicyclic) bond motifs is 1. The van der Waals surface area contributed by atoms with Crippen LogP contribution in [0.2, 0.25) is 0 Å². The van der Waals surface area contributed by atoms with Crippen molar-refractivity contribution in [1.29, 1.82) is 0 Å². The first-order valence-corrected chi connectivity index (χ1v) is 5.81. The van der Waals surface area contributed by atoms with E-state index in [9.17, 15) is 0 Å². The maximum atomic E-state index is 4.50. The third-order valence-electron chi connectivity index (χ3n) is 3.26. The van der Waals surface area contributed by atoms with Gasteiger partial charge in [-0.05, 0) is 37.3 Å². The second-order valence-electron chi connectivity index (χ2n) is 4.81. The molecular formula is C12H16N4. The molecule has 0 radical (unpaired) electrons. The van der Waals surface area contributed by atoms with E-state index in [0.717, 1.165) is 23.1 Å². The Morgan fingerprint density at radius 2 is 2.25 bits per heavy atom. The fraction of sp³-hybridized carbons (Fsp3) is 0.500. The molecule has 1 aliphatic rings. The molecule has 2 aromatic heterocycles. The van der Waals surface area contributed by atoms with Crippen LogP contribution in [0.3, 0.4) is 0 Å². The van der Waals surface area contributed by atoms with Gasteiger partial charge in [-0.1, -0.05) is 13.0 Å². The first-order chi connectivity index (χ1) is 7.72. The van der Waals surface area contributed by atoms with Gasteiger partial charge in [-0.15, -0.1) is 5.10 Å². The molecule has 16 heavy (non-hydrogen) atoms. The molecule has 0 spiro atoms. The number of hydrogen-bond acceptors (Lipinski definition) is 3. The Morgan fingerprint density at radius 1 is 1.44 bits per heavy atom. The number of nitrogens with zero attached hydrogens (tertiary/aromatic N) is 3. The Kier molecular flexibility index (Phi) is 2.09. The molecule has 0 saturated heterocycles. The van der Waals surface area contributed by atoms with E-state index in [4.69, 9.17) is 0 Å². The van der Waals surface area contributed by atoms with Crippen molar-refractivity contribution in [3.63, 3.8) is 0 Å². The molecule has 1 N–H and O–H groups in total. The minimum Gasteiger partial charge on any atom is -0.350 e. The minimum atomic E-state index is 0.563. The van der Waals surface area contributed by atoms with Gasteiger partial charge in [0.05, 0.1) is 0 Å². The average Bonchev–Trinajstić information content (AvgIpc) is 2.60. The van der Waals surface area contributed by atoms with Crippen molar-refractivity contribution in [2.24, 2.45) is 5.92 Å². The highest BCUT2D eigenvalue weighted by Crippen LogP contribution is 2.28. The lowest BCUT2D eigenvalue weighted by Gasteiger charge is -2.32. The number of nitrogens with one attached hydrogen (secondary N) is 1. The quantitative estimate of drug-likeness (QED) is 0.837. The van der Waals surface area contributed by atoms with Gasteiger partial charge >= 0.3 is 0 Å². The molecule has 0 aromatic carbocycles. The zero-order chi connectivity index (χ0) is 11.1. The molecule has 0 unspecified atom stereocenters. The van der Waals surface area contributed by atoms with E-state index in [1.54, 1.807) is 0 Å². The summed E-state index contributed by atoms with van der Waals surface area (Å²) in [5, 5.41) is 7.80. The van der Waals surface area contributed by atoms with Gasteiger partial charge in [-0.2, -0.15) is 4.98 Å². The van der Waals surface area contributed by atoms with Crippen molar-refractivity contribution in [1.82, 2.24) is 14.6 Å². The smallest absolute Gasteiger partial charge is 0.243 e. The minimum absolute atomic E-state index is 0.563. The van der Waals surface area contributed by atoms with E-state index in [-0.39, 0.29) is 0 Å². The number of hydrogen-bond donors (Lipinski definition) is 1. The maximum absolute atomic E-state index is 4.50. The third-order valence-corrected chi connectivity index (χ3v) is 3.26. The summed E-state index contributed by atoms with van der Waals surface area (Å²) in [7, 11) is 0. The van der Waals surface area contributed by atoms with Gasteiger partial charge in [-0.3, -0.25) is 0 Å². The van der Waals surface area contributed by atoms with Crippen LogP contribution >= 0.6 is 0 Å². The molecule has 0 aliphatic heterocycles. The molecule has 3 rings (SSSR count). The summed E-state index contributed by atoms with van der Waals surface area (Å²) in [4.78, 5) is 4.50. The summed E-state index contributed by atoms with van der Waals surface area (Å²) < 4.78 is 1.83. The Labute approximate surface area is 94.7 Å². The summed E-state index contributed by atoms with van der Waals surface area (Å²) >= 11 is 0. The lowest BCUT2D eigenvalue weighted by Crippen LogP contribution is -2.34. The van der Waals surface area contributed by atoms with Crippen LogP contribution in [0.1, 0.15) is 25.3 Å². The molecule has 1 aliphatic carbocycles. The molecule has 1 fully saturated rings. The zero-order valence-corrected chi connectivity index (χ0v) is 9.64. The van der Waals surface area contributed by atoms with Crippen LogP contribution in [0, 0.1) is 12.8 Å². The highest BCUT2D eigenvalue weighted by molar-refractivity contribution is 5.50. The van der Waals surface area contributed by atoms with E-state index in [1.807, 2.05) is 16.8 Å². The number of pyridine rings is 1. The van der Waals surface area contributed by atoms with Gasteiger partial charge in [0, 0.05) is 12.2 Å². The molecule has 0 amide bonds. The Bertz CT molecular complexity index is 511. The number of aryl methyl sites for hydroxylation is 1. The highest BCUT2D eigenvalue weighted by atomic mass is 15.3. The fourth-order valence-electron chi connectivity index (χ4n) is 2.30. The second kappa shape index (κ2) is 3.47. The second-order valence-corrected chi connectivity index (χ2v) is 4.81. The normalized spacial score (nSPS) is 24.4. The van der Waals surface area contributed by atoms with Crippen LogP contribution in [-0.4, -0.2) is 20.6 Å². The number of rotatable bonds is 2. The first-order valence-electron chi connectivity index (χ1n) is 5.81. The topological polar surface area (TPSA) is 42.2 Å². The van der Waals surface area contributed by atoms with Crippen LogP contribution < -0.4 is 5.32 Å². The standard InChI is InChI=1S/C12H16N4/c1-8-6-10(7-8)13-12-14-11-9(2)4-3-5-16(11)15-12/h3-5,8,10H,6-7H2,1-2H3,(H,13,15). The molecule has 2 aromatic rings. The van der Waals surface area contributed by atoms with E-state index < -0.39 is 0 Å². The van der Waals surface area contributed by atoms with Crippen LogP contribution in [0.5, 0.6) is 0 Å². The van der Waals surface area contributed by atoms with Crippen LogP contribution in [0.4, 0.5) is 5.95 Å². The predicted molar refractivity (Wildman–Crippen MR) is 63.5 cm³/mol. The summed E-state index contributed by atoms with van der Waals surface area (Å²) in [6.45, 7) is 4.33. The van der Waals surface area contributed by atoms with E-state index in [1.165, 1.54) is 12.8 Å². The van der Waals surface area contributed by atoms with Gasteiger partial charge in [0.15, 0.2) is 5.65 Å². The van der Waals surface area contributed by atoms with Gasteiger partial charge in [0.1, 0.15) is 0 Å². The Hall–Kier alpha value is -1.58. The summed E-state index contributed by atoms with van der Waals surface area (Å²) in [5.41, 5.74) is 2.10. The SMILES string of the molecule is Cc1cccn2nc(NC3CC(C)C3)nc12. The van der Waals surface area contributed by atoms with Gasteiger partial charge < -0.3 is 5.32 Å². The molecular weight excluding hydrogens is 200 g/mol. The van der Waals surface area contributed by atoms with E-state index in [2.05, 4.69) is 35.3 Å². The largest absolute Gasteiger partial charge is 0.350 e. The number of aromatic nitrogens is 3. The molecule has 1 saturated carbocycles. The Balaban J connectivity index is 1.85. The monoisotopic (exact) mass is 216 g/mol. The maximum Gasteiger partial charge on any atom is 0.243 e. The fourth-order valence-corrected chi connectivity index (χ4v) is 2.30. The van der Waals surface area contributed by atoms with Gasteiger partial charge in [0.2, 0.25) is 5.95 Å². The van der Waals surface area contributed by atoms with Crippen LogP contribution in [0.25, 0.3) is 5.65 Å². The average molecular weight is 216 g/mol. The summed E-state index contributed by atoms with van der Waals surface area (Å²) in [5.74, 6) is 1.60. The predicted octanol–water partition coefficient (Wildman–Crippen LogP) is 2.25. The third kappa shape index (κ3) is 1.54. The van der Waals surface area contributed by atoms with Crippen molar-refractivity contribution >= 4 is 11.6 Å². The zero-order valence-electron chi connectivity index (χ0n) is 9.64. The summed E-state index contributed by atoms with van der Waals surface area (Å²) in [6.07, 6.45) is 4.40. The van der Waals surface area contributed by atoms with Crippen molar-refractivity contribution in [2.75, 3.05) is 5.32 Å². The van der Waals surface area contributed by atoms with Crippen molar-refractivity contribution < 1.29 is 0 Å². The molecule has 4 heteroatoms. The van der Waals surface area contributed by atoms with E-state index in [0.29, 0.717) is 6.04 Å². The molecule has 4 nitrogen and oxygen atoms in total. The Morgan fingerprint density at radius 3 is 2.94 bits per heavy atom. The molecule has 0 atom stereocenters. The van der Waals surface area contributed by atoms with E-state index >= 15 is 0 Å². The van der Waals surface area contributed by atoms with Crippen molar-refractivity contribution in [3.8, 4) is 0 Å². The number of anilines is 1. The van der Waals surface area contributed by atoms with Gasteiger partial charge in [-0.25, -0.2) is 4.52 Å².